The fraction of sp³-hybridized carbons (Fsp3) is 0.118. The average molecular weight is 422 g/mol. The number of benzene rings is 2. The second-order valence-corrected chi connectivity index (χ2v) is 5.79. The van der Waals surface area contributed by atoms with Gasteiger partial charge in [-0.2, -0.15) is 5.10 Å². The molecule has 136 valence electrons. The maximum absolute atomic E-state index is 11.9. The summed E-state index contributed by atoms with van der Waals surface area (Å²) in [5.41, 5.74) is 3.08. The Hall–Kier alpha value is -3.07. The van der Waals surface area contributed by atoms with Crippen LogP contribution < -0.4 is 20.2 Å². The largest absolute Gasteiger partial charge is 0.503 e. The van der Waals surface area contributed by atoms with E-state index < -0.39 is 11.8 Å². The lowest BCUT2D eigenvalue weighted by atomic mass is 10.2. The van der Waals surface area contributed by atoms with Crippen LogP contribution in [0.25, 0.3) is 0 Å². The maximum Gasteiger partial charge on any atom is 0.329 e. The van der Waals surface area contributed by atoms with Crippen molar-refractivity contribution in [2.45, 2.75) is 0 Å². The minimum Gasteiger partial charge on any atom is -0.503 e. The molecule has 0 saturated heterocycles. The zero-order valence-electron chi connectivity index (χ0n) is 13.9. The summed E-state index contributed by atoms with van der Waals surface area (Å²) in [5, 5.41) is 15.9. The third kappa shape index (κ3) is 4.96. The summed E-state index contributed by atoms with van der Waals surface area (Å²) >= 11 is 3.18. The lowest BCUT2D eigenvalue weighted by Crippen LogP contribution is -2.32. The summed E-state index contributed by atoms with van der Waals surface area (Å²) in [5.74, 6) is -1.07. The quantitative estimate of drug-likeness (QED) is 0.389. The molecule has 0 atom stereocenters. The Balaban J connectivity index is 1.98. The van der Waals surface area contributed by atoms with E-state index in [1.165, 1.54) is 26.5 Å². The fourth-order valence-electron chi connectivity index (χ4n) is 1.93. The highest BCUT2D eigenvalue weighted by atomic mass is 79.9. The molecule has 0 radical (unpaired) electrons. The minimum atomic E-state index is -0.936. The van der Waals surface area contributed by atoms with Gasteiger partial charge < -0.3 is 19.9 Å². The number of amides is 2. The number of phenolic OH excluding ortho intramolecular Hbond substituents is 1. The van der Waals surface area contributed by atoms with Crippen LogP contribution in [-0.2, 0) is 9.59 Å². The van der Waals surface area contributed by atoms with Crippen molar-refractivity contribution in [1.29, 1.82) is 0 Å². The lowest BCUT2D eigenvalue weighted by molar-refractivity contribution is -0.136. The molecule has 0 fully saturated rings. The topological polar surface area (TPSA) is 109 Å². The number of hydrogen-bond donors (Lipinski definition) is 3. The number of halogens is 1. The first-order valence-corrected chi connectivity index (χ1v) is 8.09. The summed E-state index contributed by atoms with van der Waals surface area (Å²) in [6.07, 6.45) is 1.31. The molecule has 0 heterocycles. The second kappa shape index (κ2) is 8.86. The van der Waals surface area contributed by atoms with E-state index in [4.69, 9.17) is 9.47 Å². The third-order valence-corrected chi connectivity index (χ3v) is 3.79. The van der Waals surface area contributed by atoms with Crippen molar-refractivity contribution in [2.75, 3.05) is 19.5 Å². The number of rotatable bonds is 5. The number of anilines is 1. The van der Waals surface area contributed by atoms with E-state index in [0.717, 1.165) is 0 Å². The lowest BCUT2D eigenvalue weighted by Gasteiger charge is -2.07. The normalized spacial score (nSPS) is 10.4. The van der Waals surface area contributed by atoms with Gasteiger partial charge in [0.2, 0.25) is 0 Å². The van der Waals surface area contributed by atoms with Gasteiger partial charge in [0.05, 0.1) is 24.9 Å². The second-order valence-electron chi connectivity index (χ2n) is 4.94. The van der Waals surface area contributed by atoms with Gasteiger partial charge in [-0.1, -0.05) is 6.07 Å². The molecule has 2 amide bonds. The zero-order valence-corrected chi connectivity index (χ0v) is 15.5. The van der Waals surface area contributed by atoms with E-state index in [-0.39, 0.29) is 11.5 Å². The average Bonchev–Trinajstić information content (AvgIpc) is 2.64. The first kappa shape index (κ1) is 19.3. The Bertz CT molecular complexity index is 854. The van der Waals surface area contributed by atoms with Gasteiger partial charge in [0.15, 0.2) is 11.5 Å². The van der Waals surface area contributed by atoms with Gasteiger partial charge in [0, 0.05) is 11.8 Å². The molecule has 2 rings (SSSR count). The highest BCUT2D eigenvalue weighted by Gasteiger charge is 2.13. The third-order valence-electron chi connectivity index (χ3n) is 3.18. The van der Waals surface area contributed by atoms with Crippen molar-refractivity contribution in [2.24, 2.45) is 5.10 Å². The van der Waals surface area contributed by atoms with Crippen LogP contribution in [0.2, 0.25) is 0 Å². The predicted molar refractivity (Wildman–Crippen MR) is 99.7 cm³/mol. The van der Waals surface area contributed by atoms with Gasteiger partial charge in [0.1, 0.15) is 5.75 Å². The van der Waals surface area contributed by atoms with Crippen molar-refractivity contribution in [1.82, 2.24) is 5.43 Å². The summed E-state index contributed by atoms with van der Waals surface area (Å²) in [4.78, 5) is 23.6. The van der Waals surface area contributed by atoms with E-state index in [1.54, 1.807) is 30.3 Å². The van der Waals surface area contributed by atoms with Crippen molar-refractivity contribution < 1.29 is 24.2 Å². The van der Waals surface area contributed by atoms with Crippen molar-refractivity contribution in [3.63, 3.8) is 0 Å². The number of aromatic hydroxyl groups is 1. The molecule has 26 heavy (non-hydrogen) atoms. The number of carbonyl (C=O) groups excluding carboxylic acids is 2. The van der Waals surface area contributed by atoms with Gasteiger partial charge in [-0.05, 0) is 45.8 Å². The SMILES string of the molecule is COc1cccc(NC(=O)C(=O)N/N=C\c2cc(Br)c(O)c(OC)c2)c1. The van der Waals surface area contributed by atoms with Crippen molar-refractivity contribution >= 4 is 39.6 Å². The molecule has 2 aromatic rings. The Morgan fingerprint density at radius 3 is 2.62 bits per heavy atom. The number of methoxy groups -OCH3 is 2. The molecule has 0 aliphatic rings. The predicted octanol–water partition coefficient (Wildman–Crippen LogP) is 2.26. The number of ether oxygens (including phenoxy) is 2. The highest BCUT2D eigenvalue weighted by Crippen LogP contribution is 2.34. The molecular weight excluding hydrogens is 406 g/mol. The van der Waals surface area contributed by atoms with Crippen LogP contribution in [0.15, 0.2) is 46.0 Å². The molecule has 2 aromatic carbocycles. The monoisotopic (exact) mass is 421 g/mol. The van der Waals surface area contributed by atoms with Crippen molar-refractivity contribution in [3.05, 3.63) is 46.4 Å². The van der Waals surface area contributed by atoms with Gasteiger partial charge in [0.25, 0.3) is 0 Å². The molecule has 0 aromatic heterocycles. The Kier molecular flexibility index (Phi) is 6.56. The first-order chi connectivity index (χ1) is 12.4. The van der Waals surface area contributed by atoms with Crippen LogP contribution in [0.4, 0.5) is 5.69 Å². The molecule has 0 aliphatic carbocycles. The van der Waals surface area contributed by atoms with Gasteiger partial charge in [-0.15, -0.1) is 0 Å². The van der Waals surface area contributed by atoms with Crippen LogP contribution in [0, 0.1) is 0 Å². The van der Waals surface area contributed by atoms with Crippen LogP contribution in [0.5, 0.6) is 17.2 Å². The molecule has 0 bridgehead atoms. The van der Waals surface area contributed by atoms with Crippen molar-refractivity contribution in [3.8, 4) is 17.2 Å². The first-order valence-electron chi connectivity index (χ1n) is 7.29. The summed E-state index contributed by atoms with van der Waals surface area (Å²) in [6.45, 7) is 0. The molecule has 0 saturated carbocycles. The van der Waals surface area contributed by atoms with E-state index >= 15 is 0 Å². The number of phenols is 1. The number of nitrogens with zero attached hydrogens (tertiary/aromatic N) is 1. The number of nitrogens with one attached hydrogen (secondary N) is 2. The van der Waals surface area contributed by atoms with Crippen LogP contribution in [0.1, 0.15) is 5.56 Å². The fourth-order valence-corrected chi connectivity index (χ4v) is 2.39. The number of hydrogen-bond acceptors (Lipinski definition) is 6. The van der Waals surface area contributed by atoms with Gasteiger partial charge in [-0.25, -0.2) is 5.43 Å². The Morgan fingerprint density at radius 2 is 1.92 bits per heavy atom. The molecule has 0 aliphatic heterocycles. The van der Waals surface area contributed by atoms with E-state index in [0.29, 0.717) is 21.5 Å². The highest BCUT2D eigenvalue weighted by molar-refractivity contribution is 9.10. The van der Waals surface area contributed by atoms with Crippen LogP contribution in [-0.4, -0.2) is 37.4 Å². The molecule has 3 N–H and O–H groups in total. The summed E-state index contributed by atoms with van der Waals surface area (Å²) < 4.78 is 10.5. The summed E-state index contributed by atoms with van der Waals surface area (Å²) in [7, 11) is 2.91. The van der Waals surface area contributed by atoms with Crippen LogP contribution >= 0.6 is 15.9 Å². The standard InChI is InChI=1S/C17H16BrN3O5/c1-25-12-5-3-4-11(8-12)20-16(23)17(24)21-19-9-10-6-13(18)15(22)14(7-10)26-2/h3-9,22H,1-2H3,(H,20,23)(H,21,24)/b19-9-. The van der Waals surface area contributed by atoms with E-state index in [9.17, 15) is 14.7 Å². The smallest absolute Gasteiger partial charge is 0.329 e. The minimum absolute atomic E-state index is 0.0497. The molecule has 0 spiro atoms. The molecular formula is C17H16BrN3O5. The molecule has 9 heteroatoms. The van der Waals surface area contributed by atoms with E-state index in [2.05, 4.69) is 31.8 Å². The Labute approximate surface area is 157 Å². The Morgan fingerprint density at radius 1 is 1.15 bits per heavy atom. The maximum atomic E-state index is 11.9. The van der Waals surface area contributed by atoms with Gasteiger partial charge >= 0.3 is 11.8 Å². The van der Waals surface area contributed by atoms with Crippen LogP contribution in [0.3, 0.4) is 0 Å². The zero-order chi connectivity index (χ0) is 19.1. The van der Waals surface area contributed by atoms with Gasteiger partial charge in [-0.3, -0.25) is 9.59 Å². The number of hydrazone groups is 1. The molecule has 8 nitrogen and oxygen atoms in total. The number of carbonyl (C=O) groups is 2. The van der Waals surface area contributed by atoms with E-state index in [1.807, 2.05) is 0 Å². The summed E-state index contributed by atoms with van der Waals surface area (Å²) in [6, 6.07) is 9.69. The molecule has 0 unspecified atom stereocenters.